The molecule has 7 heteroatoms. The zero-order valence-corrected chi connectivity index (χ0v) is 22.3. The third-order valence-electron chi connectivity index (χ3n) is 6.75. The van der Waals surface area contributed by atoms with Crippen molar-refractivity contribution in [3.8, 4) is 15.4 Å². The Morgan fingerprint density at radius 2 is 1.66 bits per heavy atom. The molecule has 6 aromatic rings. The Morgan fingerprint density at radius 3 is 2.50 bits per heavy atom. The van der Waals surface area contributed by atoms with Gasteiger partial charge >= 0.3 is 5.97 Å². The number of rotatable bonds is 3. The molecule has 1 N–H and O–H groups in total. The van der Waals surface area contributed by atoms with Crippen molar-refractivity contribution in [2.45, 2.75) is 25.9 Å². The Bertz CT molecular complexity index is 1910. The molecular weight excluding hydrogens is 514 g/mol. The average molecular weight is 538 g/mol. The molecule has 1 fully saturated rings. The van der Waals surface area contributed by atoms with Crippen molar-refractivity contribution in [1.82, 2.24) is 4.57 Å². The molecule has 3 aromatic heterocycles. The highest BCUT2D eigenvalue weighted by atomic mass is 32.1. The summed E-state index contributed by atoms with van der Waals surface area (Å²) in [7, 11) is 0. The highest BCUT2D eigenvalue weighted by molar-refractivity contribution is 7.26. The minimum absolute atomic E-state index is 0.0998. The van der Waals surface area contributed by atoms with Crippen LogP contribution in [-0.4, -0.2) is 27.7 Å². The molecule has 1 unspecified atom stereocenters. The van der Waals surface area contributed by atoms with E-state index in [1.807, 2.05) is 6.07 Å². The lowest BCUT2D eigenvalue weighted by molar-refractivity contribution is -0.279. The van der Waals surface area contributed by atoms with Crippen molar-refractivity contribution < 1.29 is 19.4 Å². The molecule has 4 heterocycles. The number of carbonyl (C=O) groups excluding carboxylic acids is 1. The first kappa shape index (κ1) is 23.4. The van der Waals surface area contributed by atoms with Gasteiger partial charge in [-0.15, -0.1) is 22.7 Å². The lowest BCUT2D eigenvalue weighted by Crippen LogP contribution is -2.44. The van der Waals surface area contributed by atoms with Crippen LogP contribution < -0.4 is 0 Å². The topological polar surface area (TPSA) is 60.7 Å². The molecule has 5 nitrogen and oxygen atoms in total. The Kier molecular flexibility index (Phi) is 5.32. The van der Waals surface area contributed by atoms with Gasteiger partial charge in [-0.3, -0.25) is 0 Å². The fourth-order valence-electron chi connectivity index (χ4n) is 5.03. The van der Waals surface area contributed by atoms with Crippen LogP contribution in [0.5, 0.6) is 0 Å². The van der Waals surface area contributed by atoms with Crippen LogP contribution in [0, 0.1) is 0 Å². The second-order valence-corrected chi connectivity index (χ2v) is 11.9. The van der Waals surface area contributed by atoms with E-state index in [0.29, 0.717) is 0 Å². The number of esters is 1. The molecule has 188 valence electrons. The molecule has 3 aromatic carbocycles. The van der Waals surface area contributed by atoms with E-state index in [9.17, 15) is 9.90 Å². The van der Waals surface area contributed by atoms with E-state index in [1.165, 1.54) is 31.9 Å². The SMILES string of the molecule is CC1(C)OC(=O)/C(=C/c2ccc(-c3cc4c5ccccc5n(-c5ccc6ccccc6c5)c4s3)s2)C(O)O1. The number of aliphatic hydroxyl groups is 1. The van der Waals surface area contributed by atoms with Crippen molar-refractivity contribution in [2.75, 3.05) is 0 Å². The van der Waals surface area contributed by atoms with E-state index in [-0.39, 0.29) is 5.57 Å². The number of cyclic esters (lactones) is 1. The van der Waals surface area contributed by atoms with E-state index < -0.39 is 18.0 Å². The Balaban J connectivity index is 1.32. The predicted molar refractivity (Wildman–Crippen MR) is 155 cm³/mol. The maximum atomic E-state index is 12.4. The maximum absolute atomic E-state index is 12.4. The predicted octanol–water partition coefficient (Wildman–Crippen LogP) is 7.74. The summed E-state index contributed by atoms with van der Waals surface area (Å²) in [4.78, 5) is 16.7. The molecular formula is C31H23NO4S2. The number of hydrogen-bond donors (Lipinski definition) is 1. The monoisotopic (exact) mass is 537 g/mol. The zero-order valence-electron chi connectivity index (χ0n) is 20.7. The molecule has 7 rings (SSSR count). The first-order valence-electron chi connectivity index (χ1n) is 12.3. The van der Waals surface area contributed by atoms with Crippen LogP contribution in [-0.2, 0) is 14.3 Å². The molecule has 1 saturated heterocycles. The normalized spacial score (nSPS) is 18.6. The third-order valence-corrected chi connectivity index (χ3v) is 9.09. The van der Waals surface area contributed by atoms with Gasteiger partial charge in [0.15, 0.2) is 6.29 Å². The number of para-hydroxylation sites is 1. The van der Waals surface area contributed by atoms with Crippen LogP contribution in [0.25, 0.3) is 53.4 Å². The largest absolute Gasteiger partial charge is 0.430 e. The fourth-order valence-corrected chi connectivity index (χ4v) is 7.27. The first-order chi connectivity index (χ1) is 18.4. The Hall–Kier alpha value is -3.75. The molecule has 0 saturated carbocycles. The second-order valence-electron chi connectivity index (χ2n) is 9.77. The Labute approximate surface area is 226 Å². The number of aromatic nitrogens is 1. The first-order valence-corrected chi connectivity index (χ1v) is 13.9. The van der Waals surface area contributed by atoms with Crippen molar-refractivity contribution in [2.24, 2.45) is 0 Å². The molecule has 0 bridgehead atoms. The molecule has 38 heavy (non-hydrogen) atoms. The van der Waals surface area contributed by atoms with Gasteiger partial charge in [-0.25, -0.2) is 4.79 Å². The summed E-state index contributed by atoms with van der Waals surface area (Å²) in [5, 5.41) is 15.2. The van der Waals surface area contributed by atoms with E-state index in [2.05, 4.69) is 83.4 Å². The van der Waals surface area contributed by atoms with Gasteiger partial charge in [0.2, 0.25) is 5.79 Å². The summed E-state index contributed by atoms with van der Waals surface area (Å²) in [6.07, 6.45) is 0.323. The average Bonchev–Trinajstić information content (AvgIpc) is 3.60. The van der Waals surface area contributed by atoms with Gasteiger partial charge in [0.1, 0.15) is 4.83 Å². The Morgan fingerprint density at radius 1 is 0.868 bits per heavy atom. The zero-order chi connectivity index (χ0) is 26.0. The number of benzene rings is 3. The summed E-state index contributed by atoms with van der Waals surface area (Å²) in [6, 6.07) is 29.8. The molecule has 1 aliphatic rings. The van der Waals surface area contributed by atoms with E-state index in [0.717, 1.165) is 20.3 Å². The molecule has 1 atom stereocenters. The van der Waals surface area contributed by atoms with Gasteiger partial charge in [0.25, 0.3) is 0 Å². The summed E-state index contributed by atoms with van der Waals surface area (Å²) >= 11 is 3.31. The van der Waals surface area contributed by atoms with E-state index in [1.54, 1.807) is 42.6 Å². The number of aliphatic hydroxyl groups excluding tert-OH is 1. The summed E-state index contributed by atoms with van der Waals surface area (Å²) in [5.74, 6) is -1.72. The standard InChI is InChI=1S/C31H23NO4S2/c1-31(2)35-29(33)24(30(34)36-31)16-21-13-14-26(37-21)27-17-23-22-9-5-6-10-25(22)32(28(23)38-27)20-12-11-18-7-3-4-8-19(18)15-20/h3-17,29,33H,1-2H3/b24-16+. The van der Waals surface area contributed by atoms with Gasteiger partial charge < -0.3 is 19.1 Å². The number of hydrogen-bond acceptors (Lipinski definition) is 6. The smallest absolute Gasteiger partial charge is 0.341 e. The number of fused-ring (bicyclic) bond motifs is 4. The number of thiophene rings is 2. The lowest BCUT2D eigenvalue weighted by atomic mass is 10.1. The highest BCUT2D eigenvalue weighted by Gasteiger charge is 2.38. The second kappa shape index (κ2) is 8.64. The van der Waals surface area contributed by atoms with Crippen LogP contribution in [0.1, 0.15) is 18.7 Å². The molecule has 0 spiro atoms. The third kappa shape index (κ3) is 3.87. The molecule has 0 radical (unpaired) electrons. The van der Waals surface area contributed by atoms with Crippen molar-refractivity contribution in [3.63, 3.8) is 0 Å². The van der Waals surface area contributed by atoms with Crippen molar-refractivity contribution in [1.29, 1.82) is 0 Å². The van der Waals surface area contributed by atoms with Crippen LogP contribution in [0.3, 0.4) is 0 Å². The van der Waals surface area contributed by atoms with E-state index >= 15 is 0 Å². The number of ether oxygens (including phenoxy) is 2. The fraction of sp³-hybridized carbons (Fsp3) is 0.129. The number of carbonyl (C=O) groups is 1. The van der Waals surface area contributed by atoms with Crippen molar-refractivity contribution in [3.05, 3.63) is 95.4 Å². The maximum Gasteiger partial charge on any atom is 0.341 e. The molecule has 0 amide bonds. The van der Waals surface area contributed by atoms with Crippen molar-refractivity contribution >= 4 is 66.6 Å². The van der Waals surface area contributed by atoms with E-state index in [4.69, 9.17) is 9.47 Å². The highest BCUT2D eigenvalue weighted by Crippen LogP contribution is 2.43. The minimum Gasteiger partial charge on any atom is -0.430 e. The molecule has 1 aliphatic heterocycles. The minimum atomic E-state index is -1.32. The van der Waals surface area contributed by atoms with Gasteiger partial charge in [-0.2, -0.15) is 0 Å². The summed E-state index contributed by atoms with van der Waals surface area (Å²) in [6.45, 7) is 3.20. The van der Waals surface area contributed by atoms with Gasteiger partial charge in [0, 0.05) is 44.9 Å². The molecule has 0 aliphatic carbocycles. The lowest BCUT2D eigenvalue weighted by Gasteiger charge is -2.33. The number of nitrogens with zero attached hydrogens (tertiary/aromatic N) is 1. The van der Waals surface area contributed by atoms with Gasteiger partial charge in [-0.1, -0.05) is 48.5 Å². The van der Waals surface area contributed by atoms with Crippen LogP contribution in [0.15, 0.2) is 90.5 Å². The van der Waals surface area contributed by atoms with Crippen LogP contribution >= 0.6 is 22.7 Å². The van der Waals surface area contributed by atoms with Gasteiger partial charge in [0.05, 0.1) is 11.1 Å². The summed E-state index contributed by atoms with van der Waals surface area (Å²) in [5.41, 5.74) is 2.41. The van der Waals surface area contributed by atoms with Crippen LogP contribution in [0.2, 0.25) is 0 Å². The quantitative estimate of drug-likeness (QED) is 0.185. The van der Waals surface area contributed by atoms with Gasteiger partial charge in [-0.05, 0) is 53.2 Å². The summed E-state index contributed by atoms with van der Waals surface area (Å²) < 4.78 is 13.1. The van der Waals surface area contributed by atoms with Crippen LogP contribution in [0.4, 0.5) is 0 Å².